The SMILES string of the molecule is CC(C)Oc1ccc(NC2CCC(O)CC2)cc1Cl. The number of nitrogens with one attached hydrogen (secondary N) is 1. The Balaban J connectivity index is 1.96. The Morgan fingerprint density at radius 2 is 1.95 bits per heavy atom. The second-order valence-corrected chi connectivity index (χ2v) is 5.87. The van der Waals surface area contributed by atoms with Crippen LogP contribution in [0.4, 0.5) is 5.69 Å². The van der Waals surface area contributed by atoms with Gasteiger partial charge in [0.1, 0.15) is 5.75 Å². The molecule has 0 bridgehead atoms. The molecule has 1 fully saturated rings. The molecule has 1 saturated carbocycles. The Hall–Kier alpha value is -0.930. The molecule has 0 aliphatic heterocycles. The van der Waals surface area contributed by atoms with Gasteiger partial charge in [0.2, 0.25) is 0 Å². The first-order chi connectivity index (χ1) is 9.04. The van der Waals surface area contributed by atoms with Gasteiger partial charge >= 0.3 is 0 Å². The van der Waals surface area contributed by atoms with Crippen molar-refractivity contribution in [2.45, 2.75) is 57.8 Å². The molecule has 0 heterocycles. The summed E-state index contributed by atoms with van der Waals surface area (Å²) in [7, 11) is 0. The molecule has 1 aromatic carbocycles. The molecule has 0 spiro atoms. The van der Waals surface area contributed by atoms with Crippen molar-refractivity contribution in [1.82, 2.24) is 0 Å². The van der Waals surface area contributed by atoms with Gasteiger partial charge in [-0.15, -0.1) is 0 Å². The smallest absolute Gasteiger partial charge is 0.138 e. The highest BCUT2D eigenvalue weighted by molar-refractivity contribution is 6.32. The van der Waals surface area contributed by atoms with Crippen LogP contribution in [0.5, 0.6) is 5.75 Å². The van der Waals surface area contributed by atoms with Crippen LogP contribution in [-0.2, 0) is 0 Å². The molecule has 2 rings (SSSR count). The number of ether oxygens (including phenoxy) is 1. The maximum absolute atomic E-state index is 9.49. The highest BCUT2D eigenvalue weighted by atomic mass is 35.5. The van der Waals surface area contributed by atoms with Crippen LogP contribution in [0, 0.1) is 0 Å². The van der Waals surface area contributed by atoms with E-state index in [9.17, 15) is 5.11 Å². The fourth-order valence-corrected chi connectivity index (χ4v) is 2.62. The van der Waals surface area contributed by atoms with Crippen LogP contribution >= 0.6 is 11.6 Å². The lowest BCUT2D eigenvalue weighted by molar-refractivity contribution is 0.126. The van der Waals surface area contributed by atoms with Crippen LogP contribution in [0.3, 0.4) is 0 Å². The van der Waals surface area contributed by atoms with Crippen LogP contribution < -0.4 is 10.1 Å². The summed E-state index contributed by atoms with van der Waals surface area (Å²) in [6, 6.07) is 6.23. The lowest BCUT2D eigenvalue weighted by Crippen LogP contribution is -2.28. The number of aliphatic hydroxyl groups excluding tert-OH is 1. The largest absolute Gasteiger partial charge is 0.489 e. The highest BCUT2D eigenvalue weighted by Gasteiger charge is 2.19. The zero-order valence-electron chi connectivity index (χ0n) is 11.5. The second-order valence-electron chi connectivity index (χ2n) is 5.46. The number of halogens is 1. The normalized spacial score (nSPS) is 23.4. The lowest BCUT2D eigenvalue weighted by Gasteiger charge is -2.27. The molecule has 0 amide bonds. The summed E-state index contributed by atoms with van der Waals surface area (Å²) in [6.45, 7) is 3.96. The van der Waals surface area contributed by atoms with Gasteiger partial charge in [0.05, 0.1) is 17.2 Å². The van der Waals surface area contributed by atoms with E-state index in [0.29, 0.717) is 11.1 Å². The third-order valence-electron chi connectivity index (χ3n) is 3.36. The van der Waals surface area contributed by atoms with E-state index in [2.05, 4.69) is 5.32 Å². The Morgan fingerprint density at radius 3 is 2.53 bits per heavy atom. The molecule has 1 aromatic rings. The van der Waals surface area contributed by atoms with E-state index in [4.69, 9.17) is 16.3 Å². The molecule has 0 radical (unpaired) electrons. The third kappa shape index (κ3) is 4.29. The molecule has 0 atom stereocenters. The van der Waals surface area contributed by atoms with Crippen molar-refractivity contribution in [3.63, 3.8) is 0 Å². The van der Waals surface area contributed by atoms with E-state index in [1.54, 1.807) is 0 Å². The molecule has 0 unspecified atom stereocenters. The molecule has 4 heteroatoms. The fraction of sp³-hybridized carbons (Fsp3) is 0.600. The number of anilines is 1. The van der Waals surface area contributed by atoms with E-state index in [0.717, 1.165) is 37.1 Å². The zero-order chi connectivity index (χ0) is 13.8. The summed E-state index contributed by atoms with van der Waals surface area (Å²) in [5, 5.41) is 13.6. The quantitative estimate of drug-likeness (QED) is 0.882. The first kappa shape index (κ1) is 14.5. The van der Waals surface area contributed by atoms with Gasteiger partial charge < -0.3 is 15.2 Å². The van der Waals surface area contributed by atoms with E-state index < -0.39 is 0 Å². The Kier molecular flexibility index (Phi) is 4.94. The van der Waals surface area contributed by atoms with Gasteiger partial charge in [-0.25, -0.2) is 0 Å². The van der Waals surface area contributed by atoms with Crippen molar-refractivity contribution >= 4 is 17.3 Å². The average molecular weight is 284 g/mol. The highest BCUT2D eigenvalue weighted by Crippen LogP contribution is 2.30. The first-order valence-corrected chi connectivity index (χ1v) is 7.33. The summed E-state index contributed by atoms with van der Waals surface area (Å²) >= 11 is 6.21. The molecule has 3 nitrogen and oxygen atoms in total. The fourth-order valence-electron chi connectivity index (χ4n) is 2.40. The number of rotatable bonds is 4. The van der Waals surface area contributed by atoms with Crippen molar-refractivity contribution in [2.24, 2.45) is 0 Å². The predicted molar refractivity (Wildman–Crippen MR) is 79.1 cm³/mol. The van der Waals surface area contributed by atoms with Crippen LogP contribution in [0.25, 0.3) is 0 Å². The third-order valence-corrected chi connectivity index (χ3v) is 3.66. The molecule has 19 heavy (non-hydrogen) atoms. The molecule has 0 aromatic heterocycles. The minimum absolute atomic E-state index is 0.121. The Morgan fingerprint density at radius 1 is 1.26 bits per heavy atom. The molecule has 1 aliphatic rings. The van der Waals surface area contributed by atoms with Crippen LogP contribution in [0.2, 0.25) is 5.02 Å². The monoisotopic (exact) mass is 283 g/mol. The molecule has 2 N–H and O–H groups in total. The van der Waals surface area contributed by atoms with Crippen molar-refractivity contribution in [3.8, 4) is 5.75 Å². The van der Waals surface area contributed by atoms with E-state index in [1.165, 1.54) is 0 Å². The number of benzene rings is 1. The van der Waals surface area contributed by atoms with Crippen LogP contribution in [-0.4, -0.2) is 23.4 Å². The van der Waals surface area contributed by atoms with Gasteiger partial charge in [0.15, 0.2) is 0 Å². The van der Waals surface area contributed by atoms with Crippen molar-refractivity contribution < 1.29 is 9.84 Å². The second kappa shape index (κ2) is 6.49. The van der Waals surface area contributed by atoms with Crippen LogP contribution in [0.15, 0.2) is 18.2 Å². The Bertz CT molecular complexity index is 415. The number of hydrogen-bond acceptors (Lipinski definition) is 3. The summed E-state index contributed by atoms with van der Waals surface area (Å²) in [5.41, 5.74) is 1.02. The standard InChI is InChI=1S/C15H22ClNO2/c1-10(2)19-15-8-5-12(9-14(15)16)17-11-3-6-13(18)7-4-11/h5,8-11,13,17-18H,3-4,6-7H2,1-2H3. The lowest BCUT2D eigenvalue weighted by atomic mass is 9.93. The van der Waals surface area contributed by atoms with E-state index >= 15 is 0 Å². The van der Waals surface area contributed by atoms with Gasteiger partial charge in [-0.3, -0.25) is 0 Å². The minimum Gasteiger partial charge on any atom is -0.489 e. The van der Waals surface area contributed by atoms with Gasteiger partial charge in [-0.2, -0.15) is 0 Å². The Labute approximate surface area is 119 Å². The predicted octanol–water partition coefficient (Wildman–Crippen LogP) is 3.84. The molecule has 0 saturated heterocycles. The van der Waals surface area contributed by atoms with Crippen molar-refractivity contribution in [2.75, 3.05) is 5.32 Å². The molecular formula is C15H22ClNO2. The first-order valence-electron chi connectivity index (χ1n) is 6.95. The van der Waals surface area contributed by atoms with Gasteiger partial charge in [0, 0.05) is 11.7 Å². The average Bonchev–Trinajstić information content (AvgIpc) is 2.35. The molecular weight excluding hydrogens is 262 g/mol. The summed E-state index contributed by atoms with van der Waals surface area (Å²) in [6.07, 6.45) is 3.76. The van der Waals surface area contributed by atoms with Crippen molar-refractivity contribution in [3.05, 3.63) is 23.2 Å². The van der Waals surface area contributed by atoms with E-state index in [-0.39, 0.29) is 12.2 Å². The zero-order valence-corrected chi connectivity index (χ0v) is 12.3. The molecule has 1 aliphatic carbocycles. The van der Waals surface area contributed by atoms with Crippen LogP contribution in [0.1, 0.15) is 39.5 Å². The minimum atomic E-state index is -0.122. The maximum atomic E-state index is 9.49. The molecule has 106 valence electrons. The number of hydrogen-bond donors (Lipinski definition) is 2. The topological polar surface area (TPSA) is 41.5 Å². The maximum Gasteiger partial charge on any atom is 0.138 e. The summed E-state index contributed by atoms with van der Waals surface area (Å²) in [5.74, 6) is 0.723. The van der Waals surface area contributed by atoms with Crippen molar-refractivity contribution in [1.29, 1.82) is 0 Å². The summed E-state index contributed by atoms with van der Waals surface area (Å²) in [4.78, 5) is 0. The van der Waals surface area contributed by atoms with Gasteiger partial charge in [-0.1, -0.05) is 11.6 Å². The summed E-state index contributed by atoms with van der Waals surface area (Å²) < 4.78 is 5.61. The van der Waals surface area contributed by atoms with Gasteiger partial charge in [-0.05, 0) is 57.7 Å². The number of aliphatic hydroxyl groups is 1. The van der Waals surface area contributed by atoms with E-state index in [1.807, 2.05) is 32.0 Å². The van der Waals surface area contributed by atoms with Gasteiger partial charge in [0.25, 0.3) is 0 Å².